The molecule has 0 aromatic heterocycles. The van der Waals surface area contributed by atoms with Crippen molar-refractivity contribution in [2.45, 2.75) is 52.0 Å². The maximum atomic E-state index is 5.36. The first kappa shape index (κ1) is 12.0. The van der Waals surface area contributed by atoms with Crippen LogP contribution in [0.25, 0.3) is 0 Å². The molecule has 2 nitrogen and oxygen atoms in total. The molecule has 1 aliphatic heterocycles. The van der Waals surface area contributed by atoms with Gasteiger partial charge in [0.15, 0.2) is 0 Å². The number of ether oxygens (including phenoxy) is 1. The van der Waals surface area contributed by atoms with E-state index in [1.807, 2.05) is 0 Å². The minimum atomic E-state index is 0.685. The van der Waals surface area contributed by atoms with Gasteiger partial charge in [-0.3, -0.25) is 0 Å². The zero-order chi connectivity index (χ0) is 10.2. The smallest absolute Gasteiger partial charge is 0.0468 e. The highest BCUT2D eigenvalue weighted by Gasteiger charge is 2.16. The summed E-state index contributed by atoms with van der Waals surface area (Å²) < 4.78 is 5.36. The van der Waals surface area contributed by atoms with Crippen LogP contribution in [0.3, 0.4) is 0 Å². The highest BCUT2D eigenvalue weighted by molar-refractivity contribution is 4.70. The Bertz CT molecular complexity index is 132. The summed E-state index contributed by atoms with van der Waals surface area (Å²) in [7, 11) is 0. The van der Waals surface area contributed by atoms with Gasteiger partial charge in [-0.15, -0.1) is 0 Å². The number of rotatable bonds is 6. The molecule has 1 rings (SSSR count). The summed E-state index contributed by atoms with van der Waals surface area (Å²) in [4.78, 5) is 0. The summed E-state index contributed by atoms with van der Waals surface area (Å²) in [5.41, 5.74) is 0. The van der Waals surface area contributed by atoms with Gasteiger partial charge in [0.05, 0.1) is 0 Å². The molecule has 1 unspecified atom stereocenters. The van der Waals surface area contributed by atoms with Crippen LogP contribution >= 0.6 is 0 Å². The largest absolute Gasteiger partial charge is 0.381 e. The van der Waals surface area contributed by atoms with Crippen LogP contribution in [0.1, 0.15) is 46.0 Å². The molecular weight excluding hydrogens is 174 g/mol. The second-order valence-corrected chi connectivity index (χ2v) is 4.50. The van der Waals surface area contributed by atoms with Crippen molar-refractivity contribution in [2.24, 2.45) is 5.92 Å². The fraction of sp³-hybridized carbons (Fsp3) is 1.00. The molecule has 0 spiro atoms. The molecule has 1 N–H and O–H groups in total. The number of hydrogen-bond acceptors (Lipinski definition) is 2. The predicted molar refractivity (Wildman–Crippen MR) is 60.5 cm³/mol. The maximum Gasteiger partial charge on any atom is 0.0468 e. The second-order valence-electron chi connectivity index (χ2n) is 4.50. The quantitative estimate of drug-likeness (QED) is 0.664. The monoisotopic (exact) mass is 199 g/mol. The SMILES string of the molecule is CCCCNC(C)CC1CCOCC1. The number of nitrogens with one attached hydrogen (secondary N) is 1. The molecule has 0 aromatic carbocycles. The van der Waals surface area contributed by atoms with Crippen LogP contribution in [-0.4, -0.2) is 25.8 Å². The van der Waals surface area contributed by atoms with Crippen LogP contribution in [0.5, 0.6) is 0 Å². The Balaban J connectivity index is 2.03. The van der Waals surface area contributed by atoms with Gasteiger partial charge in [-0.2, -0.15) is 0 Å². The molecule has 0 saturated carbocycles. The molecule has 14 heavy (non-hydrogen) atoms. The third kappa shape index (κ3) is 4.97. The van der Waals surface area contributed by atoms with Crippen LogP contribution in [0, 0.1) is 5.92 Å². The van der Waals surface area contributed by atoms with Gasteiger partial charge in [-0.05, 0) is 45.1 Å². The zero-order valence-electron chi connectivity index (χ0n) is 9.72. The lowest BCUT2D eigenvalue weighted by Gasteiger charge is -2.25. The molecule has 0 aliphatic carbocycles. The summed E-state index contributed by atoms with van der Waals surface area (Å²) in [6.45, 7) is 7.69. The van der Waals surface area contributed by atoms with Crippen LogP contribution < -0.4 is 5.32 Å². The van der Waals surface area contributed by atoms with Crippen molar-refractivity contribution in [1.82, 2.24) is 5.32 Å². The van der Waals surface area contributed by atoms with Gasteiger partial charge < -0.3 is 10.1 Å². The van der Waals surface area contributed by atoms with Crippen LogP contribution in [-0.2, 0) is 4.74 Å². The normalized spacial score (nSPS) is 21.0. The Hall–Kier alpha value is -0.0800. The lowest BCUT2D eigenvalue weighted by molar-refractivity contribution is 0.0612. The van der Waals surface area contributed by atoms with E-state index in [1.165, 1.54) is 38.6 Å². The van der Waals surface area contributed by atoms with E-state index in [0.717, 1.165) is 19.1 Å². The lowest BCUT2D eigenvalue weighted by Crippen LogP contribution is -2.30. The minimum absolute atomic E-state index is 0.685. The van der Waals surface area contributed by atoms with Crippen molar-refractivity contribution in [3.8, 4) is 0 Å². The summed E-state index contributed by atoms with van der Waals surface area (Å²) >= 11 is 0. The summed E-state index contributed by atoms with van der Waals surface area (Å²) in [5.74, 6) is 0.896. The number of unbranched alkanes of at least 4 members (excludes halogenated alkanes) is 1. The molecule has 1 fully saturated rings. The maximum absolute atomic E-state index is 5.36. The molecule has 1 saturated heterocycles. The van der Waals surface area contributed by atoms with Gasteiger partial charge >= 0.3 is 0 Å². The molecule has 0 radical (unpaired) electrons. The van der Waals surface area contributed by atoms with E-state index in [-0.39, 0.29) is 0 Å². The van der Waals surface area contributed by atoms with Crippen LogP contribution in [0.4, 0.5) is 0 Å². The molecule has 0 aromatic rings. The van der Waals surface area contributed by atoms with Gasteiger partial charge in [0.25, 0.3) is 0 Å². The third-order valence-corrected chi connectivity index (χ3v) is 3.05. The fourth-order valence-electron chi connectivity index (χ4n) is 2.09. The summed E-state index contributed by atoms with van der Waals surface area (Å²) in [6, 6.07) is 0.685. The Labute approximate surface area is 88.4 Å². The van der Waals surface area contributed by atoms with Gasteiger partial charge in [-0.1, -0.05) is 13.3 Å². The van der Waals surface area contributed by atoms with Gasteiger partial charge in [0, 0.05) is 19.3 Å². The molecule has 1 atom stereocenters. The van der Waals surface area contributed by atoms with Crippen LogP contribution in [0.15, 0.2) is 0 Å². The molecule has 2 heteroatoms. The molecule has 0 amide bonds. The molecule has 84 valence electrons. The average Bonchev–Trinajstić information content (AvgIpc) is 2.20. The van der Waals surface area contributed by atoms with E-state index in [4.69, 9.17) is 4.74 Å². The zero-order valence-corrected chi connectivity index (χ0v) is 9.72. The second kappa shape index (κ2) is 7.24. The number of hydrogen-bond donors (Lipinski definition) is 1. The Morgan fingerprint density at radius 1 is 1.36 bits per heavy atom. The molecular formula is C12H25NO. The first-order valence-electron chi connectivity index (χ1n) is 6.14. The Kier molecular flexibility index (Phi) is 6.20. The van der Waals surface area contributed by atoms with Crippen molar-refractivity contribution in [1.29, 1.82) is 0 Å². The average molecular weight is 199 g/mol. The van der Waals surface area contributed by atoms with Gasteiger partial charge in [-0.25, -0.2) is 0 Å². The van der Waals surface area contributed by atoms with Crippen molar-refractivity contribution in [2.75, 3.05) is 19.8 Å². The Morgan fingerprint density at radius 2 is 2.07 bits per heavy atom. The van der Waals surface area contributed by atoms with Crippen molar-refractivity contribution in [3.63, 3.8) is 0 Å². The fourth-order valence-corrected chi connectivity index (χ4v) is 2.09. The van der Waals surface area contributed by atoms with E-state index in [1.54, 1.807) is 0 Å². The van der Waals surface area contributed by atoms with Crippen molar-refractivity contribution >= 4 is 0 Å². The van der Waals surface area contributed by atoms with Crippen molar-refractivity contribution < 1.29 is 4.74 Å². The highest BCUT2D eigenvalue weighted by Crippen LogP contribution is 2.19. The van der Waals surface area contributed by atoms with Gasteiger partial charge in [0.2, 0.25) is 0 Å². The molecule has 1 aliphatic rings. The molecule has 1 heterocycles. The minimum Gasteiger partial charge on any atom is -0.381 e. The highest BCUT2D eigenvalue weighted by atomic mass is 16.5. The van der Waals surface area contributed by atoms with Gasteiger partial charge in [0.1, 0.15) is 0 Å². The first-order chi connectivity index (χ1) is 6.83. The Morgan fingerprint density at radius 3 is 2.71 bits per heavy atom. The topological polar surface area (TPSA) is 21.3 Å². The van der Waals surface area contributed by atoms with E-state index in [2.05, 4.69) is 19.2 Å². The summed E-state index contributed by atoms with van der Waals surface area (Å²) in [6.07, 6.45) is 6.45. The third-order valence-electron chi connectivity index (χ3n) is 3.05. The lowest BCUT2D eigenvalue weighted by atomic mass is 9.93. The standard InChI is InChI=1S/C12H25NO/c1-3-4-7-13-11(2)10-12-5-8-14-9-6-12/h11-13H,3-10H2,1-2H3. The predicted octanol–water partition coefficient (Wildman–Crippen LogP) is 2.58. The van der Waals surface area contributed by atoms with E-state index in [9.17, 15) is 0 Å². The van der Waals surface area contributed by atoms with Crippen LogP contribution in [0.2, 0.25) is 0 Å². The first-order valence-corrected chi connectivity index (χ1v) is 6.14. The molecule has 0 bridgehead atoms. The van der Waals surface area contributed by atoms with E-state index >= 15 is 0 Å². The summed E-state index contributed by atoms with van der Waals surface area (Å²) in [5, 5.41) is 3.59. The van der Waals surface area contributed by atoms with E-state index in [0.29, 0.717) is 6.04 Å². The van der Waals surface area contributed by atoms with Crippen molar-refractivity contribution in [3.05, 3.63) is 0 Å². The van der Waals surface area contributed by atoms with E-state index < -0.39 is 0 Å².